The molecule has 3 rings (SSSR count). The Morgan fingerprint density at radius 3 is 2.54 bits per heavy atom. The second-order valence-electron chi connectivity index (χ2n) is 5.87. The van der Waals surface area contributed by atoms with E-state index in [-0.39, 0.29) is 10.8 Å². The van der Waals surface area contributed by atoms with Gasteiger partial charge in [0.25, 0.3) is 5.91 Å². The fourth-order valence-corrected chi connectivity index (χ4v) is 4.44. The molecule has 0 atom stereocenters. The van der Waals surface area contributed by atoms with E-state index in [0.29, 0.717) is 30.1 Å². The molecule has 1 saturated heterocycles. The minimum Gasteiger partial charge on any atom is -0.449 e. The van der Waals surface area contributed by atoms with Crippen LogP contribution in [0.25, 0.3) is 0 Å². The highest BCUT2D eigenvalue weighted by molar-refractivity contribution is 7.89. The number of hydrogen-bond acceptors (Lipinski definition) is 4. The number of carbonyl (C=O) groups is 1. The molecule has 1 fully saturated rings. The molecule has 24 heavy (non-hydrogen) atoms. The Morgan fingerprint density at radius 1 is 1.17 bits per heavy atom. The maximum absolute atomic E-state index is 12.7. The van der Waals surface area contributed by atoms with Crippen LogP contribution in [0.15, 0.2) is 45.9 Å². The number of piperidine rings is 1. The van der Waals surface area contributed by atoms with Gasteiger partial charge in [-0.15, -0.1) is 0 Å². The van der Waals surface area contributed by atoms with Crippen molar-refractivity contribution in [2.45, 2.75) is 31.1 Å². The van der Waals surface area contributed by atoms with Crippen LogP contribution in [0.2, 0.25) is 0 Å². The topological polar surface area (TPSA) is 79.6 Å². The van der Waals surface area contributed by atoms with Gasteiger partial charge in [0.1, 0.15) is 0 Å². The van der Waals surface area contributed by atoms with Gasteiger partial charge in [-0.3, -0.25) is 10.1 Å². The Bertz CT molecular complexity index is 822. The first-order chi connectivity index (χ1) is 11.5. The number of carbonyl (C=O) groups excluding carboxylic acids is 1. The van der Waals surface area contributed by atoms with Crippen LogP contribution in [0.4, 0.5) is 5.88 Å². The minimum absolute atomic E-state index is 0.233. The molecule has 1 aromatic carbocycles. The zero-order valence-electron chi connectivity index (χ0n) is 13.5. The number of anilines is 1. The van der Waals surface area contributed by atoms with Gasteiger partial charge < -0.3 is 4.42 Å². The van der Waals surface area contributed by atoms with E-state index in [1.54, 1.807) is 31.2 Å². The molecule has 0 spiro atoms. The molecule has 7 heteroatoms. The molecule has 2 aromatic rings. The predicted molar refractivity (Wildman–Crippen MR) is 90.5 cm³/mol. The fraction of sp³-hybridized carbons (Fsp3) is 0.353. The summed E-state index contributed by atoms with van der Waals surface area (Å²) in [6.07, 6.45) is 4.32. The Labute approximate surface area is 141 Å². The summed E-state index contributed by atoms with van der Waals surface area (Å²) in [5.74, 6) is 0.0220. The van der Waals surface area contributed by atoms with E-state index >= 15 is 0 Å². The van der Waals surface area contributed by atoms with E-state index in [9.17, 15) is 13.2 Å². The molecule has 0 radical (unpaired) electrons. The SMILES string of the molecule is Cc1cc(S(=O)(=O)N2CCCCC2)ccc1C(=O)Nc1ccco1. The van der Waals surface area contributed by atoms with Gasteiger partial charge in [-0.1, -0.05) is 6.42 Å². The van der Waals surface area contributed by atoms with Crippen molar-refractivity contribution in [1.82, 2.24) is 4.31 Å². The van der Waals surface area contributed by atoms with Crippen LogP contribution >= 0.6 is 0 Å². The van der Waals surface area contributed by atoms with E-state index in [0.717, 1.165) is 19.3 Å². The number of aryl methyl sites for hydroxylation is 1. The molecule has 2 heterocycles. The van der Waals surface area contributed by atoms with E-state index < -0.39 is 10.0 Å². The monoisotopic (exact) mass is 348 g/mol. The third-order valence-corrected chi connectivity index (χ3v) is 6.05. The van der Waals surface area contributed by atoms with Gasteiger partial charge in [0.15, 0.2) is 5.88 Å². The number of furan rings is 1. The summed E-state index contributed by atoms with van der Waals surface area (Å²) < 4.78 is 32.0. The Kier molecular flexibility index (Phi) is 4.73. The predicted octanol–water partition coefficient (Wildman–Crippen LogP) is 3.01. The highest BCUT2D eigenvalue weighted by Gasteiger charge is 2.26. The minimum atomic E-state index is -3.49. The smallest absolute Gasteiger partial charge is 0.258 e. The summed E-state index contributed by atoms with van der Waals surface area (Å²) in [6.45, 7) is 2.84. The van der Waals surface area contributed by atoms with Crippen molar-refractivity contribution < 1.29 is 17.6 Å². The van der Waals surface area contributed by atoms with Crippen LogP contribution in [-0.2, 0) is 10.0 Å². The molecular formula is C17H20N2O4S. The molecule has 128 valence electrons. The van der Waals surface area contributed by atoms with Crippen LogP contribution in [-0.4, -0.2) is 31.7 Å². The zero-order valence-corrected chi connectivity index (χ0v) is 14.3. The molecule has 1 N–H and O–H groups in total. The van der Waals surface area contributed by atoms with E-state index in [1.807, 2.05) is 0 Å². The van der Waals surface area contributed by atoms with Crippen LogP contribution in [0.5, 0.6) is 0 Å². The first-order valence-electron chi connectivity index (χ1n) is 7.94. The van der Waals surface area contributed by atoms with Gasteiger partial charge in [-0.2, -0.15) is 4.31 Å². The average molecular weight is 348 g/mol. The summed E-state index contributed by atoms with van der Waals surface area (Å²) in [6, 6.07) is 7.92. The lowest BCUT2D eigenvalue weighted by Gasteiger charge is -2.26. The van der Waals surface area contributed by atoms with Crippen molar-refractivity contribution in [3.63, 3.8) is 0 Å². The van der Waals surface area contributed by atoms with Crippen LogP contribution in [0, 0.1) is 6.92 Å². The highest BCUT2D eigenvalue weighted by atomic mass is 32.2. The molecule has 0 aliphatic carbocycles. The second kappa shape index (κ2) is 6.78. The molecule has 1 amide bonds. The fourth-order valence-electron chi connectivity index (χ4n) is 2.83. The molecule has 0 unspecified atom stereocenters. The van der Waals surface area contributed by atoms with Crippen molar-refractivity contribution in [3.8, 4) is 0 Å². The lowest BCUT2D eigenvalue weighted by atomic mass is 10.1. The van der Waals surface area contributed by atoms with Gasteiger partial charge in [-0.05, 0) is 49.6 Å². The van der Waals surface area contributed by atoms with Crippen molar-refractivity contribution in [1.29, 1.82) is 0 Å². The first kappa shape index (κ1) is 16.7. The van der Waals surface area contributed by atoms with E-state index in [4.69, 9.17) is 4.42 Å². The molecule has 0 saturated carbocycles. The van der Waals surface area contributed by atoms with E-state index in [2.05, 4.69) is 5.32 Å². The number of sulfonamides is 1. The van der Waals surface area contributed by atoms with Crippen LogP contribution in [0.1, 0.15) is 35.2 Å². The third-order valence-electron chi connectivity index (χ3n) is 4.15. The molecular weight excluding hydrogens is 328 g/mol. The van der Waals surface area contributed by atoms with Crippen molar-refractivity contribution in [2.75, 3.05) is 18.4 Å². The quantitative estimate of drug-likeness (QED) is 0.921. The number of nitrogens with zero attached hydrogens (tertiary/aromatic N) is 1. The van der Waals surface area contributed by atoms with Gasteiger partial charge in [0.05, 0.1) is 11.2 Å². The van der Waals surface area contributed by atoms with Crippen LogP contribution in [0.3, 0.4) is 0 Å². The number of amides is 1. The molecule has 1 aliphatic rings. The largest absolute Gasteiger partial charge is 0.449 e. The lowest BCUT2D eigenvalue weighted by Crippen LogP contribution is -2.35. The number of rotatable bonds is 4. The van der Waals surface area contributed by atoms with Crippen molar-refractivity contribution >= 4 is 21.8 Å². The Hall–Kier alpha value is -2.12. The number of hydrogen-bond donors (Lipinski definition) is 1. The summed E-state index contributed by atoms with van der Waals surface area (Å²) in [5, 5.41) is 2.64. The van der Waals surface area contributed by atoms with Crippen molar-refractivity contribution in [3.05, 3.63) is 47.7 Å². The average Bonchev–Trinajstić information content (AvgIpc) is 3.08. The Balaban J connectivity index is 1.82. The van der Waals surface area contributed by atoms with E-state index in [1.165, 1.54) is 16.6 Å². The first-order valence-corrected chi connectivity index (χ1v) is 9.38. The van der Waals surface area contributed by atoms with Gasteiger partial charge >= 0.3 is 0 Å². The summed E-state index contributed by atoms with van der Waals surface area (Å²) in [4.78, 5) is 12.5. The zero-order chi connectivity index (χ0) is 17.2. The molecule has 0 bridgehead atoms. The maximum Gasteiger partial charge on any atom is 0.258 e. The molecule has 1 aliphatic heterocycles. The van der Waals surface area contributed by atoms with Crippen LogP contribution < -0.4 is 5.32 Å². The number of nitrogens with one attached hydrogen (secondary N) is 1. The standard InChI is InChI=1S/C17H20N2O4S/c1-13-12-14(24(21,22)19-9-3-2-4-10-19)7-8-15(13)17(20)18-16-6-5-11-23-16/h5-8,11-12H,2-4,9-10H2,1H3,(H,18,20). The highest BCUT2D eigenvalue weighted by Crippen LogP contribution is 2.23. The van der Waals surface area contributed by atoms with Gasteiger partial charge in [0, 0.05) is 24.7 Å². The maximum atomic E-state index is 12.7. The van der Waals surface area contributed by atoms with Gasteiger partial charge in [-0.25, -0.2) is 8.42 Å². The van der Waals surface area contributed by atoms with Crippen molar-refractivity contribution in [2.24, 2.45) is 0 Å². The second-order valence-corrected chi connectivity index (χ2v) is 7.81. The summed E-state index contributed by atoms with van der Waals surface area (Å²) >= 11 is 0. The molecule has 1 aromatic heterocycles. The van der Waals surface area contributed by atoms with Gasteiger partial charge in [0.2, 0.25) is 10.0 Å². The number of benzene rings is 1. The third kappa shape index (κ3) is 3.37. The summed E-state index contributed by atoms with van der Waals surface area (Å²) in [7, 11) is -3.49. The summed E-state index contributed by atoms with van der Waals surface area (Å²) in [5.41, 5.74) is 1.03. The lowest BCUT2D eigenvalue weighted by molar-refractivity contribution is 0.102. The normalized spacial score (nSPS) is 16.0. The Morgan fingerprint density at radius 2 is 1.92 bits per heavy atom. The molecule has 6 nitrogen and oxygen atoms in total.